The van der Waals surface area contributed by atoms with Gasteiger partial charge in [0.1, 0.15) is 6.61 Å². The fourth-order valence-electron chi connectivity index (χ4n) is 3.32. The number of carbonyl (C=O) groups is 1. The number of imidazole rings is 1. The molecule has 9 heteroatoms. The van der Waals surface area contributed by atoms with Gasteiger partial charge < -0.3 is 4.74 Å². The van der Waals surface area contributed by atoms with E-state index in [-0.39, 0.29) is 30.8 Å². The summed E-state index contributed by atoms with van der Waals surface area (Å²) in [4.78, 5) is 41.8. The van der Waals surface area contributed by atoms with Gasteiger partial charge in [0.15, 0.2) is 4.96 Å². The molecule has 4 aromatic rings. The van der Waals surface area contributed by atoms with Crippen molar-refractivity contribution >= 4 is 33.3 Å². The van der Waals surface area contributed by atoms with Gasteiger partial charge in [-0.05, 0) is 18.6 Å². The quantitative estimate of drug-likeness (QED) is 0.435. The van der Waals surface area contributed by atoms with Crippen molar-refractivity contribution in [1.29, 1.82) is 0 Å². The number of carbonyl (C=O) groups excluding carboxylic acids is 1. The Balaban J connectivity index is 1.45. The number of para-hydroxylation sites is 2. The molecular weight excluding hydrogens is 392 g/mol. The molecule has 0 spiro atoms. The van der Waals surface area contributed by atoms with Crippen LogP contribution in [0.15, 0.2) is 51.5 Å². The number of hydrogen-bond donors (Lipinski definition) is 0. The summed E-state index contributed by atoms with van der Waals surface area (Å²) in [7, 11) is 0. The van der Waals surface area contributed by atoms with E-state index in [0.29, 0.717) is 17.2 Å². The number of thiazole rings is 1. The van der Waals surface area contributed by atoms with Crippen molar-refractivity contribution in [3.8, 4) is 0 Å². The van der Waals surface area contributed by atoms with E-state index in [2.05, 4.69) is 4.98 Å². The van der Waals surface area contributed by atoms with Crippen molar-refractivity contribution in [3.05, 3.63) is 68.4 Å². The van der Waals surface area contributed by atoms with Gasteiger partial charge in [-0.15, -0.1) is 11.3 Å². The number of esters is 1. The highest BCUT2D eigenvalue weighted by Crippen LogP contribution is 2.14. The summed E-state index contributed by atoms with van der Waals surface area (Å²) >= 11 is 1.34. The molecule has 0 aliphatic heterocycles. The molecular formula is C20H20N4O4S. The Kier molecular flexibility index (Phi) is 5.30. The van der Waals surface area contributed by atoms with Crippen molar-refractivity contribution in [1.82, 2.24) is 18.5 Å². The van der Waals surface area contributed by atoms with Crippen LogP contribution in [0.25, 0.3) is 16.0 Å². The maximum absolute atomic E-state index is 12.7. The van der Waals surface area contributed by atoms with Gasteiger partial charge in [0.05, 0.1) is 23.1 Å². The third-order valence-corrected chi connectivity index (χ3v) is 5.41. The number of hydrogen-bond acceptors (Lipinski definition) is 6. The van der Waals surface area contributed by atoms with Crippen LogP contribution in [0.1, 0.15) is 25.5 Å². The van der Waals surface area contributed by atoms with Crippen LogP contribution < -0.4 is 11.2 Å². The normalized spacial score (nSPS) is 11.3. The Morgan fingerprint density at radius 3 is 2.59 bits per heavy atom. The van der Waals surface area contributed by atoms with Crippen LogP contribution >= 0.6 is 11.3 Å². The fraction of sp³-hybridized carbons (Fsp3) is 0.300. The first-order chi connectivity index (χ1) is 14.1. The largest absolute Gasteiger partial charge is 0.459 e. The first kappa shape index (κ1) is 19.1. The van der Waals surface area contributed by atoms with E-state index < -0.39 is 5.97 Å². The number of nitrogens with zero attached hydrogens (tertiary/aromatic N) is 4. The number of ether oxygens (including phenoxy) is 1. The van der Waals surface area contributed by atoms with Crippen LogP contribution in [0.3, 0.4) is 0 Å². The van der Waals surface area contributed by atoms with Crippen molar-refractivity contribution in [2.45, 2.75) is 39.5 Å². The molecule has 0 fully saturated rings. The molecule has 0 atom stereocenters. The topological polar surface area (TPSA) is 87.6 Å². The SMILES string of the molecule is CCCn1c(=O)n(CCC(=O)OCc2cc(=O)n3ccsc3n2)c2ccccc21. The maximum Gasteiger partial charge on any atom is 0.329 e. The van der Waals surface area contributed by atoms with Crippen molar-refractivity contribution < 1.29 is 9.53 Å². The summed E-state index contributed by atoms with van der Waals surface area (Å²) in [5.74, 6) is -0.447. The Hall–Kier alpha value is -3.20. The third-order valence-electron chi connectivity index (χ3n) is 4.65. The molecule has 0 saturated carbocycles. The molecule has 29 heavy (non-hydrogen) atoms. The van der Waals surface area contributed by atoms with Crippen molar-refractivity contribution in [2.24, 2.45) is 0 Å². The Morgan fingerprint density at radius 1 is 1.14 bits per heavy atom. The van der Waals surface area contributed by atoms with E-state index in [1.165, 1.54) is 21.8 Å². The molecule has 0 aliphatic carbocycles. The van der Waals surface area contributed by atoms with Crippen molar-refractivity contribution in [2.75, 3.05) is 0 Å². The smallest absolute Gasteiger partial charge is 0.329 e. The second-order valence-electron chi connectivity index (χ2n) is 6.63. The molecule has 0 saturated heterocycles. The molecule has 150 valence electrons. The monoisotopic (exact) mass is 412 g/mol. The second kappa shape index (κ2) is 8.04. The minimum Gasteiger partial charge on any atom is -0.459 e. The number of rotatable bonds is 7. The number of aryl methyl sites for hydroxylation is 2. The highest BCUT2D eigenvalue weighted by Gasteiger charge is 2.14. The minimum absolute atomic E-state index is 0.0558. The fourth-order valence-corrected chi connectivity index (χ4v) is 4.06. The van der Waals surface area contributed by atoms with Crippen LogP contribution in [0.5, 0.6) is 0 Å². The van der Waals surface area contributed by atoms with E-state index in [1.807, 2.05) is 31.2 Å². The van der Waals surface area contributed by atoms with Gasteiger partial charge in [-0.3, -0.25) is 23.1 Å². The zero-order chi connectivity index (χ0) is 20.4. The van der Waals surface area contributed by atoms with Gasteiger partial charge >= 0.3 is 11.7 Å². The lowest BCUT2D eigenvalue weighted by Crippen LogP contribution is -2.25. The summed E-state index contributed by atoms with van der Waals surface area (Å²) < 4.78 is 10.0. The summed E-state index contributed by atoms with van der Waals surface area (Å²) in [5, 5.41) is 1.77. The predicted octanol–water partition coefficient (Wildman–Crippen LogP) is 2.42. The lowest BCUT2D eigenvalue weighted by Gasteiger charge is -2.06. The van der Waals surface area contributed by atoms with Crippen LogP contribution in [0, 0.1) is 0 Å². The van der Waals surface area contributed by atoms with Crippen LogP contribution in [-0.4, -0.2) is 24.5 Å². The zero-order valence-corrected chi connectivity index (χ0v) is 16.7. The van der Waals surface area contributed by atoms with E-state index in [1.54, 1.807) is 20.7 Å². The van der Waals surface area contributed by atoms with Gasteiger partial charge in [0.2, 0.25) is 0 Å². The van der Waals surface area contributed by atoms with E-state index >= 15 is 0 Å². The summed E-state index contributed by atoms with van der Waals surface area (Å²) in [5.41, 5.74) is 1.73. The zero-order valence-electron chi connectivity index (χ0n) is 15.9. The number of benzene rings is 1. The van der Waals surface area contributed by atoms with Gasteiger partial charge in [-0.1, -0.05) is 19.1 Å². The Morgan fingerprint density at radius 2 is 1.86 bits per heavy atom. The molecule has 1 aromatic carbocycles. The predicted molar refractivity (Wildman–Crippen MR) is 110 cm³/mol. The second-order valence-corrected chi connectivity index (χ2v) is 7.50. The minimum atomic E-state index is -0.447. The standard InChI is InChI=1S/C20H20N4O4S/c1-2-8-22-15-5-3-4-6-16(15)23(20(22)27)9-7-18(26)28-13-14-12-17(25)24-10-11-29-19(24)21-14/h3-6,10-12H,2,7-9,13H2,1H3. The number of fused-ring (bicyclic) bond motifs is 2. The molecule has 0 amide bonds. The highest BCUT2D eigenvalue weighted by atomic mass is 32.1. The number of aromatic nitrogens is 4. The first-order valence-corrected chi connectivity index (χ1v) is 10.3. The molecule has 0 radical (unpaired) electrons. The average Bonchev–Trinajstić information content (AvgIpc) is 3.29. The van der Waals surface area contributed by atoms with Gasteiger partial charge in [-0.2, -0.15) is 0 Å². The lowest BCUT2D eigenvalue weighted by atomic mass is 10.3. The van der Waals surface area contributed by atoms with Gasteiger partial charge in [0.25, 0.3) is 5.56 Å². The molecule has 3 aromatic heterocycles. The third kappa shape index (κ3) is 3.73. The molecule has 8 nitrogen and oxygen atoms in total. The van der Waals surface area contributed by atoms with Crippen molar-refractivity contribution in [3.63, 3.8) is 0 Å². The van der Waals surface area contributed by atoms with Gasteiger partial charge in [0, 0.05) is 30.7 Å². The Bertz CT molecular complexity index is 1300. The highest BCUT2D eigenvalue weighted by molar-refractivity contribution is 7.15. The van der Waals surface area contributed by atoms with Crippen LogP contribution in [0.4, 0.5) is 0 Å². The molecule has 0 unspecified atom stereocenters. The van der Waals surface area contributed by atoms with E-state index in [0.717, 1.165) is 17.5 Å². The molecule has 4 rings (SSSR count). The first-order valence-electron chi connectivity index (χ1n) is 9.38. The summed E-state index contributed by atoms with van der Waals surface area (Å²) in [6.45, 7) is 2.80. The van der Waals surface area contributed by atoms with Crippen LogP contribution in [0.2, 0.25) is 0 Å². The van der Waals surface area contributed by atoms with E-state index in [9.17, 15) is 14.4 Å². The molecule has 0 aliphatic rings. The molecule has 3 heterocycles. The Labute approximate surface area is 169 Å². The molecule has 0 bridgehead atoms. The van der Waals surface area contributed by atoms with Crippen LogP contribution in [-0.2, 0) is 29.2 Å². The molecule has 0 N–H and O–H groups in total. The summed E-state index contributed by atoms with van der Waals surface area (Å²) in [6.07, 6.45) is 2.55. The van der Waals surface area contributed by atoms with E-state index in [4.69, 9.17) is 4.74 Å². The summed E-state index contributed by atoms with van der Waals surface area (Å²) in [6, 6.07) is 8.91. The lowest BCUT2D eigenvalue weighted by molar-refractivity contribution is -0.145. The van der Waals surface area contributed by atoms with Gasteiger partial charge in [-0.25, -0.2) is 9.78 Å². The maximum atomic E-state index is 12.7. The average molecular weight is 412 g/mol.